The van der Waals surface area contributed by atoms with Crippen LogP contribution in [0.1, 0.15) is 11.1 Å². The standard InChI is InChI=1S/C16H15N/c1-13-6-8-14(9-7-13)12-17-11-10-15-4-2-3-5-16(15)17/h2-11H,12H2,1H3. The van der Waals surface area contributed by atoms with Crippen LogP contribution >= 0.6 is 0 Å². The van der Waals surface area contributed by atoms with Crippen LogP contribution in [-0.4, -0.2) is 4.57 Å². The fraction of sp³-hybridized carbons (Fsp3) is 0.125. The van der Waals surface area contributed by atoms with Crippen molar-refractivity contribution in [3.05, 3.63) is 71.9 Å². The van der Waals surface area contributed by atoms with Crippen LogP contribution in [0.2, 0.25) is 0 Å². The molecule has 3 rings (SSSR count). The Bertz CT molecular complexity index is 632. The van der Waals surface area contributed by atoms with Gasteiger partial charge in [-0.1, -0.05) is 48.0 Å². The summed E-state index contributed by atoms with van der Waals surface area (Å²) in [5.74, 6) is 0. The van der Waals surface area contributed by atoms with Crippen molar-refractivity contribution in [1.29, 1.82) is 0 Å². The molecule has 0 unspecified atom stereocenters. The minimum absolute atomic E-state index is 0.938. The summed E-state index contributed by atoms with van der Waals surface area (Å²) in [7, 11) is 0. The van der Waals surface area contributed by atoms with Crippen molar-refractivity contribution in [1.82, 2.24) is 4.57 Å². The van der Waals surface area contributed by atoms with Gasteiger partial charge in [-0.2, -0.15) is 0 Å². The van der Waals surface area contributed by atoms with E-state index in [-0.39, 0.29) is 0 Å². The van der Waals surface area contributed by atoms with E-state index < -0.39 is 0 Å². The number of nitrogens with zero attached hydrogens (tertiary/aromatic N) is 1. The Morgan fingerprint density at radius 3 is 2.47 bits per heavy atom. The van der Waals surface area contributed by atoms with E-state index in [0.717, 1.165) is 6.54 Å². The SMILES string of the molecule is Cc1ccc(Cn2ccc3ccccc32)cc1. The van der Waals surface area contributed by atoms with Crippen molar-refractivity contribution >= 4 is 10.9 Å². The highest BCUT2D eigenvalue weighted by Crippen LogP contribution is 2.16. The summed E-state index contributed by atoms with van der Waals surface area (Å²) in [5, 5.41) is 1.31. The first-order chi connectivity index (χ1) is 8.33. The van der Waals surface area contributed by atoms with E-state index in [0.29, 0.717) is 0 Å². The van der Waals surface area contributed by atoms with Gasteiger partial charge in [0.15, 0.2) is 0 Å². The number of benzene rings is 2. The molecule has 0 aliphatic heterocycles. The van der Waals surface area contributed by atoms with Crippen LogP contribution < -0.4 is 0 Å². The number of fused-ring (bicyclic) bond motifs is 1. The minimum atomic E-state index is 0.938. The van der Waals surface area contributed by atoms with Crippen molar-refractivity contribution < 1.29 is 0 Å². The molecule has 2 aromatic carbocycles. The highest BCUT2D eigenvalue weighted by Gasteiger charge is 2.00. The Balaban J connectivity index is 1.97. The Labute approximate surface area is 101 Å². The number of hydrogen-bond acceptors (Lipinski definition) is 0. The second-order valence-corrected chi connectivity index (χ2v) is 4.49. The third-order valence-corrected chi connectivity index (χ3v) is 3.15. The molecule has 17 heavy (non-hydrogen) atoms. The highest BCUT2D eigenvalue weighted by molar-refractivity contribution is 5.80. The van der Waals surface area contributed by atoms with Crippen LogP contribution in [-0.2, 0) is 6.54 Å². The van der Waals surface area contributed by atoms with E-state index in [1.54, 1.807) is 0 Å². The molecule has 0 radical (unpaired) electrons. The predicted octanol–water partition coefficient (Wildman–Crippen LogP) is 4.00. The van der Waals surface area contributed by atoms with Crippen LogP contribution in [0.5, 0.6) is 0 Å². The van der Waals surface area contributed by atoms with Gasteiger partial charge in [0, 0.05) is 18.3 Å². The largest absolute Gasteiger partial charge is 0.343 e. The number of hydrogen-bond donors (Lipinski definition) is 0. The molecule has 0 atom stereocenters. The third-order valence-electron chi connectivity index (χ3n) is 3.15. The van der Waals surface area contributed by atoms with Crippen molar-refractivity contribution in [3.63, 3.8) is 0 Å². The van der Waals surface area contributed by atoms with Gasteiger partial charge in [0.2, 0.25) is 0 Å². The van der Waals surface area contributed by atoms with Gasteiger partial charge in [-0.3, -0.25) is 0 Å². The van der Waals surface area contributed by atoms with Crippen LogP contribution in [0.25, 0.3) is 10.9 Å². The first-order valence-corrected chi connectivity index (χ1v) is 5.92. The Hall–Kier alpha value is -2.02. The molecule has 0 saturated heterocycles. The molecule has 3 aromatic rings. The second-order valence-electron chi connectivity index (χ2n) is 4.49. The Morgan fingerprint density at radius 1 is 0.882 bits per heavy atom. The van der Waals surface area contributed by atoms with Crippen molar-refractivity contribution in [2.75, 3.05) is 0 Å². The normalized spacial score (nSPS) is 10.9. The topological polar surface area (TPSA) is 4.93 Å². The van der Waals surface area contributed by atoms with E-state index in [9.17, 15) is 0 Å². The lowest BCUT2D eigenvalue weighted by Gasteiger charge is -2.06. The first kappa shape index (κ1) is 10.2. The number of para-hydroxylation sites is 1. The lowest BCUT2D eigenvalue weighted by Crippen LogP contribution is -1.97. The number of aromatic nitrogens is 1. The Morgan fingerprint density at radius 2 is 1.65 bits per heavy atom. The molecule has 0 aliphatic rings. The number of rotatable bonds is 2. The van der Waals surface area contributed by atoms with E-state index in [2.05, 4.69) is 72.3 Å². The molecular formula is C16H15N. The lowest BCUT2D eigenvalue weighted by molar-refractivity contribution is 0.836. The zero-order valence-electron chi connectivity index (χ0n) is 9.93. The summed E-state index contributed by atoms with van der Waals surface area (Å²) in [4.78, 5) is 0. The van der Waals surface area contributed by atoms with E-state index in [1.165, 1.54) is 22.0 Å². The zero-order chi connectivity index (χ0) is 11.7. The van der Waals surface area contributed by atoms with Gasteiger partial charge in [-0.25, -0.2) is 0 Å². The molecule has 0 aliphatic carbocycles. The van der Waals surface area contributed by atoms with Crippen molar-refractivity contribution in [3.8, 4) is 0 Å². The van der Waals surface area contributed by atoms with Gasteiger partial charge >= 0.3 is 0 Å². The molecule has 0 spiro atoms. The minimum Gasteiger partial charge on any atom is -0.343 e. The summed E-state index contributed by atoms with van der Waals surface area (Å²) in [6.45, 7) is 3.06. The molecule has 1 aromatic heterocycles. The average Bonchev–Trinajstić information content (AvgIpc) is 2.76. The molecule has 84 valence electrons. The monoisotopic (exact) mass is 221 g/mol. The molecule has 1 nitrogen and oxygen atoms in total. The third kappa shape index (κ3) is 1.96. The summed E-state index contributed by atoms with van der Waals surface area (Å²) in [6, 6.07) is 19.4. The molecule has 1 heteroatoms. The van der Waals surface area contributed by atoms with Crippen molar-refractivity contribution in [2.24, 2.45) is 0 Å². The van der Waals surface area contributed by atoms with Crippen LogP contribution in [0.3, 0.4) is 0 Å². The van der Waals surface area contributed by atoms with Crippen molar-refractivity contribution in [2.45, 2.75) is 13.5 Å². The van der Waals surface area contributed by atoms with E-state index in [1.807, 2.05) is 0 Å². The average molecular weight is 221 g/mol. The van der Waals surface area contributed by atoms with Gasteiger partial charge in [0.05, 0.1) is 0 Å². The van der Waals surface area contributed by atoms with Gasteiger partial charge in [0.1, 0.15) is 0 Å². The molecule has 0 bridgehead atoms. The van der Waals surface area contributed by atoms with Crippen LogP contribution in [0, 0.1) is 6.92 Å². The van der Waals surface area contributed by atoms with Gasteiger partial charge in [-0.05, 0) is 30.0 Å². The summed E-state index contributed by atoms with van der Waals surface area (Å²) in [5.41, 5.74) is 3.95. The highest BCUT2D eigenvalue weighted by atomic mass is 14.9. The summed E-state index contributed by atoms with van der Waals surface area (Å²) in [6.07, 6.45) is 2.16. The summed E-state index contributed by atoms with van der Waals surface area (Å²) >= 11 is 0. The van der Waals surface area contributed by atoms with Gasteiger partial charge < -0.3 is 4.57 Å². The maximum atomic E-state index is 2.29. The zero-order valence-corrected chi connectivity index (χ0v) is 9.93. The molecule has 1 heterocycles. The number of aryl methyl sites for hydroxylation is 1. The van der Waals surface area contributed by atoms with Crippen LogP contribution in [0.15, 0.2) is 60.8 Å². The van der Waals surface area contributed by atoms with Gasteiger partial charge in [0.25, 0.3) is 0 Å². The molecule has 0 fully saturated rings. The fourth-order valence-corrected chi connectivity index (χ4v) is 2.17. The fourth-order valence-electron chi connectivity index (χ4n) is 2.17. The Kier molecular flexibility index (Phi) is 2.45. The molecular weight excluding hydrogens is 206 g/mol. The summed E-state index contributed by atoms with van der Waals surface area (Å²) < 4.78 is 2.29. The maximum absolute atomic E-state index is 2.29. The smallest absolute Gasteiger partial charge is 0.0483 e. The van der Waals surface area contributed by atoms with E-state index in [4.69, 9.17) is 0 Å². The molecule has 0 saturated carbocycles. The maximum Gasteiger partial charge on any atom is 0.0483 e. The second kappa shape index (κ2) is 4.10. The predicted molar refractivity (Wildman–Crippen MR) is 72.2 cm³/mol. The molecule has 0 amide bonds. The van der Waals surface area contributed by atoms with Gasteiger partial charge in [-0.15, -0.1) is 0 Å². The van der Waals surface area contributed by atoms with E-state index >= 15 is 0 Å². The lowest BCUT2D eigenvalue weighted by atomic mass is 10.1. The quantitative estimate of drug-likeness (QED) is 0.616. The first-order valence-electron chi connectivity index (χ1n) is 5.92. The molecule has 0 N–H and O–H groups in total. The van der Waals surface area contributed by atoms with Crippen LogP contribution in [0.4, 0.5) is 0 Å².